The van der Waals surface area contributed by atoms with E-state index in [4.69, 9.17) is 0 Å². The molecule has 23 heavy (non-hydrogen) atoms. The van der Waals surface area contributed by atoms with E-state index in [-0.39, 0.29) is 18.1 Å². The van der Waals surface area contributed by atoms with Crippen LogP contribution in [0.3, 0.4) is 0 Å². The monoisotopic (exact) mass is 307 g/mol. The fraction of sp³-hybridized carbons (Fsp3) is 0.111. The quantitative estimate of drug-likeness (QED) is 0.695. The summed E-state index contributed by atoms with van der Waals surface area (Å²) in [5.41, 5.74) is 2.88. The predicted octanol–water partition coefficient (Wildman–Crippen LogP) is 3.16. The van der Waals surface area contributed by atoms with Gasteiger partial charge in [0.25, 0.3) is 5.56 Å². The van der Waals surface area contributed by atoms with Gasteiger partial charge in [0.15, 0.2) is 0 Å². The van der Waals surface area contributed by atoms with Gasteiger partial charge in [0.2, 0.25) is 0 Å². The summed E-state index contributed by atoms with van der Waals surface area (Å²) in [6.45, 7) is 2.11. The largest absolute Gasteiger partial charge is 0.334 e. The van der Waals surface area contributed by atoms with E-state index in [1.165, 1.54) is 0 Å². The first kappa shape index (κ1) is 14.8. The summed E-state index contributed by atoms with van der Waals surface area (Å²) in [6, 6.07) is 16.4. The van der Waals surface area contributed by atoms with Gasteiger partial charge in [0.05, 0.1) is 5.52 Å². The number of para-hydroxylation sites is 2. The average molecular weight is 307 g/mol. The molecule has 0 fully saturated rings. The number of carbonyl (C=O) groups is 1. The van der Waals surface area contributed by atoms with Crippen molar-refractivity contribution in [2.24, 2.45) is 0 Å². The Labute approximate surface area is 133 Å². The number of benzene rings is 2. The Bertz CT molecular complexity index is 901. The minimum Gasteiger partial charge on any atom is -0.334 e. The number of H-pyrrole nitrogens is 1. The summed E-state index contributed by atoms with van der Waals surface area (Å²) in [5, 5.41) is 6.36. The molecule has 0 aliphatic carbocycles. The second-order valence-electron chi connectivity index (χ2n) is 5.34. The zero-order valence-corrected chi connectivity index (χ0v) is 12.7. The van der Waals surface area contributed by atoms with Crippen LogP contribution in [-0.2, 0) is 6.54 Å². The Morgan fingerprint density at radius 1 is 1.09 bits per heavy atom. The van der Waals surface area contributed by atoms with Crippen LogP contribution in [0.25, 0.3) is 10.9 Å². The van der Waals surface area contributed by atoms with E-state index in [1.807, 2.05) is 49.4 Å². The van der Waals surface area contributed by atoms with Crippen LogP contribution in [0.1, 0.15) is 11.1 Å². The van der Waals surface area contributed by atoms with Gasteiger partial charge >= 0.3 is 6.03 Å². The van der Waals surface area contributed by atoms with Crippen molar-refractivity contribution in [1.82, 2.24) is 10.3 Å². The van der Waals surface area contributed by atoms with Crippen molar-refractivity contribution in [3.63, 3.8) is 0 Å². The molecule has 0 radical (unpaired) electrons. The summed E-state index contributed by atoms with van der Waals surface area (Å²) >= 11 is 0. The van der Waals surface area contributed by atoms with E-state index < -0.39 is 0 Å². The van der Waals surface area contributed by atoms with Crippen molar-refractivity contribution in [1.29, 1.82) is 0 Å². The van der Waals surface area contributed by atoms with Crippen molar-refractivity contribution >= 4 is 22.6 Å². The number of anilines is 1. The molecular formula is C18H17N3O2. The van der Waals surface area contributed by atoms with Gasteiger partial charge in [0, 0.05) is 17.8 Å². The number of hydrogen-bond donors (Lipinski definition) is 3. The zero-order chi connectivity index (χ0) is 16.2. The Morgan fingerprint density at radius 3 is 2.65 bits per heavy atom. The number of carbonyl (C=O) groups excluding carboxylic acids is 1. The number of pyridine rings is 1. The summed E-state index contributed by atoms with van der Waals surface area (Å²) in [7, 11) is 0. The molecule has 3 N–H and O–H groups in total. The number of rotatable bonds is 3. The summed E-state index contributed by atoms with van der Waals surface area (Å²) in [5.74, 6) is 0. The molecule has 3 rings (SSSR count). The molecule has 116 valence electrons. The molecule has 0 saturated heterocycles. The van der Waals surface area contributed by atoms with E-state index in [1.54, 1.807) is 12.1 Å². The summed E-state index contributed by atoms with van der Waals surface area (Å²) < 4.78 is 0. The minimum atomic E-state index is -0.347. The molecule has 0 spiro atoms. The zero-order valence-electron chi connectivity index (χ0n) is 12.7. The van der Waals surface area contributed by atoms with Gasteiger partial charge in [-0.2, -0.15) is 0 Å². The number of amides is 2. The second-order valence-corrected chi connectivity index (χ2v) is 5.34. The fourth-order valence-corrected chi connectivity index (χ4v) is 2.43. The standard InChI is InChI=1S/C18H17N3O2/c1-12-6-5-7-13-10-14(17(22)21-16(12)13)11-19-18(23)20-15-8-3-2-4-9-15/h2-10H,11H2,1H3,(H,21,22)(H2,19,20,23). The van der Waals surface area contributed by atoms with Crippen molar-refractivity contribution in [2.45, 2.75) is 13.5 Å². The highest BCUT2D eigenvalue weighted by Gasteiger charge is 2.07. The normalized spacial score (nSPS) is 10.5. The van der Waals surface area contributed by atoms with Crippen LogP contribution in [0.15, 0.2) is 59.4 Å². The van der Waals surface area contributed by atoms with E-state index >= 15 is 0 Å². The molecule has 3 aromatic rings. The topological polar surface area (TPSA) is 74.0 Å². The number of nitrogens with one attached hydrogen (secondary N) is 3. The van der Waals surface area contributed by atoms with Crippen molar-refractivity contribution < 1.29 is 4.79 Å². The lowest BCUT2D eigenvalue weighted by molar-refractivity contribution is 0.251. The molecule has 0 atom stereocenters. The molecule has 5 heteroatoms. The smallest absolute Gasteiger partial charge is 0.319 e. The highest BCUT2D eigenvalue weighted by atomic mass is 16.2. The van der Waals surface area contributed by atoms with Gasteiger partial charge in [-0.3, -0.25) is 4.79 Å². The van der Waals surface area contributed by atoms with Gasteiger partial charge in [-0.1, -0.05) is 36.4 Å². The number of hydrogen-bond acceptors (Lipinski definition) is 2. The molecule has 2 amide bonds. The minimum absolute atomic E-state index is 0.165. The lowest BCUT2D eigenvalue weighted by atomic mass is 10.1. The van der Waals surface area contributed by atoms with Crippen LogP contribution in [0.2, 0.25) is 0 Å². The van der Waals surface area contributed by atoms with Crippen molar-refractivity contribution in [2.75, 3.05) is 5.32 Å². The molecule has 0 unspecified atom stereocenters. The lowest BCUT2D eigenvalue weighted by Gasteiger charge is -2.08. The van der Waals surface area contributed by atoms with Crippen molar-refractivity contribution in [3.8, 4) is 0 Å². The molecule has 0 aliphatic heterocycles. The van der Waals surface area contributed by atoms with Crippen LogP contribution in [0, 0.1) is 6.92 Å². The number of fused-ring (bicyclic) bond motifs is 1. The molecule has 0 saturated carbocycles. The molecule has 0 aliphatic rings. The number of aromatic nitrogens is 1. The van der Waals surface area contributed by atoms with E-state index in [0.29, 0.717) is 11.3 Å². The first-order valence-corrected chi connectivity index (χ1v) is 7.35. The SMILES string of the molecule is Cc1cccc2cc(CNC(=O)Nc3ccccc3)c(=O)[nH]c12. The van der Waals surface area contributed by atoms with Gasteiger partial charge in [-0.25, -0.2) is 4.79 Å². The number of urea groups is 1. The second kappa shape index (κ2) is 6.36. The summed E-state index contributed by atoms with van der Waals surface area (Å²) in [4.78, 5) is 26.9. The van der Waals surface area contributed by atoms with E-state index in [9.17, 15) is 9.59 Å². The predicted molar refractivity (Wildman–Crippen MR) is 91.6 cm³/mol. The maximum Gasteiger partial charge on any atom is 0.319 e. The van der Waals surface area contributed by atoms with Gasteiger partial charge in [0.1, 0.15) is 0 Å². The van der Waals surface area contributed by atoms with Gasteiger partial charge in [-0.15, -0.1) is 0 Å². The first-order valence-electron chi connectivity index (χ1n) is 7.35. The molecule has 0 bridgehead atoms. The van der Waals surface area contributed by atoms with Crippen molar-refractivity contribution in [3.05, 3.63) is 76.1 Å². The highest BCUT2D eigenvalue weighted by molar-refractivity contribution is 5.89. The first-order chi connectivity index (χ1) is 11.1. The van der Waals surface area contributed by atoms with E-state index in [0.717, 1.165) is 16.5 Å². The molecule has 1 aromatic heterocycles. The molecule has 5 nitrogen and oxygen atoms in total. The molecule has 1 heterocycles. The molecular weight excluding hydrogens is 290 g/mol. The maximum atomic E-state index is 12.1. The lowest BCUT2D eigenvalue weighted by Crippen LogP contribution is -2.30. The van der Waals surface area contributed by atoms with Crippen LogP contribution in [-0.4, -0.2) is 11.0 Å². The van der Waals surface area contributed by atoms with Crippen LogP contribution in [0.4, 0.5) is 10.5 Å². The molecule has 2 aromatic carbocycles. The Morgan fingerprint density at radius 2 is 1.87 bits per heavy atom. The third-order valence-corrected chi connectivity index (χ3v) is 3.64. The van der Waals surface area contributed by atoms with Crippen LogP contribution in [0.5, 0.6) is 0 Å². The highest BCUT2D eigenvalue weighted by Crippen LogP contribution is 2.14. The van der Waals surface area contributed by atoms with Crippen LogP contribution < -0.4 is 16.2 Å². The number of aryl methyl sites for hydroxylation is 1. The van der Waals surface area contributed by atoms with Gasteiger partial charge in [-0.05, 0) is 36.1 Å². The Hall–Kier alpha value is -3.08. The Balaban J connectivity index is 1.73. The van der Waals surface area contributed by atoms with Crippen LogP contribution >= 0.6 is 0 Å². The number of aromatic amines is 1. The Kier molecular flexibility index (Phi) is 4.10. The maximum absolute atomic E-state index is 12.1. The third kappa shape index (κ3) is 3.40. The fourth-order valence-electron chi connectivity index (χ4n) is 2.43. The average Bonchev–Trinajstić information content (AvgIpc) is 2.55. The summed E-state index contributed by atoms with van der Waals surface area (Å²) in [6.07, 6.45) is 0. The third-order valence-electron chi connectivity index (χ3n) is 3.64. The van der Waals surface area contributed by atoms with E-state index in [2.05, 4.69) is 15.6 Å². The van der Waals surface area contributed by atoms with Gasteiger partial charge < -0.3 is 15.6 Å².